The minimum absolute atomic E-state index is 0.0176. The first-order valence-electron chi connectivity index (χ1n) is 6.17. The second kappa shape index (κ2) is 4.77. The Bertz CT molecular complexity index is 541. The Labute approximate surface area is 118 Å². The largest absolute Gasteiger partial charge is 0.389 e. The normalized spacial score (nSPS) is 18.1. The van der Waals surface area contributed by atoms with Crippen molar-refractivity contribution < 1.29 is 4.79 Å². The Hall–Kier alpha value is -1.69. The van der Waals surface area contributed by atoms with Crippen LogP contribution in [0.3, 0.4) is 0 Å². The summed E-state index contributed by atoms with van der Waals surface area (Å²) < 4.78 is 0. The molecule has 2 rings (SSSR count). The van der Waals surface area contributed by atoms with Crippen LogP contribution in [0.4, 0.5) is 5.82 Å². The van der Waals surface area contributed by atoms with Crippen molar-refractivity contribution in [2.45, 2.75) is 26.3 Å². The maximum absolute atomic E-state index is 12.0. The van der Waals surface area contributed by atoms with Gasteiger partial charge in [-0.05, 0) is 32.4 Å². The first-order valence-corrected chi connectivity index (χ1v) is 6.58. The molecule has 6 heteroatoms. The van der Waals surface area contributed by atoms with Crippen molar-refractivity contribution in [2.24, 2.45) is 5.73 Å². The summed E-state index contributed by atoms with van der Waals surface area (Å²) in [7, 11) is 0. The lowest BCUT2D eigenvalue weighted by Gasteiger charge is -2.42. The number of thiocarbonyl (C=S) groups is 1. The van der Waals surface area contributed by atoms with Crippen LogP contribution < -0.4 is 16.0 Å². The van der Waals surface area contributed by atoms with Crippen LogP contribution in [0, 0.1) is 6.92 Å². The average Bonchev–Trinajstić information content (AvgIpc) is 2.31. The first-order chi connectivity index (χ1) is 8.85. The Morgan fingerprint density at radius 1 is 1.58 bits per heavy atom. The van der Waals surface area contributed by atoms with E-state index in [9.17, 15) is 4.79 Å². The van der Waals surface area contributed by atoms with Gasteiger partial charge in [-0.3, -0.25) is 4.79 Å². The Kier molecular flexibility index (Phi) is 3.45. The fourth-order valence-corrected chi connectivity index (χ4v) is 2.58. The van der Waals surface area contributed by atoms with Crippen LogP contribution in [0.15, 0.2) is 12.3 Å². The number of hydrogen-bond acceptors (Lipinski definition) is 4. The van der Waals surface area contributed by atoms with Crippen molar-refractivity contribution in [2.75, 3.05) is 18.0 Å². The molecule has 0 atom stereocenters. The number of carbonyl (C=O) groups excluding carboxylic acids is 1. The van der Waals surface area contributed by atoms with Crippen molar-refractivity contribution in [1.29, 1.82) is 0 Å². The van der Waals surface area contributed by atoms with E-state index in [-0.39, 0.29) is 5.91 Å². The van der Waals surface area contributed by atoms with Crippen LogP contribution in [0.5, 0.6) is 0 Å². The number of nitrogens with two attached hydrogens (primary N) is 1. The summed E-state index contributed by atoms with van der Waals surface area (Å²) in [5.41, 5.74) is 6.86. The lowest BCUT2D eigenvalue weighted by Crippen LogP contribution is -2.62. The highest BCUT2D eigenvalue weighted by molar-refractivity contribution is 7.80. The zero-order chi connectivity index (χ0) is 14.2. The zero-order valence-electron chi connectivity index (χ0n) is 11.4. The van der Waals surface area contributed by atoms with E-state index in [0.717, 1.165) is 11.1 Å². The van der Waals surface area contributed by atoms with Gasteiger partial charge in [0.25, 0.3) is 0 Å². The van der Waals surface area contributed by atoms with E-state index in [4.69, 9.17) is 18.0 Å². The second-order valence-corrected chi connectivity index (χ2v) is 5.60. The number of aromatic nitrogens is 1. The van der Waals surface area contributed by atoms with Crippen LogP contribution in [-0.4, -0.2) is 34.5 Å². The number of anilines is 1. The summed E-state index contributed by atoms with van der Waals surface area (Å²) >= 11 is 5.12. The molecule has 1 aromatic rings. The van der Waals surface area contributed by atoms with Gasteiger partial charge in [0.2, 0.25) is 5.91 Å². The molecule has 0 spiro atoms. The van der Waals surface area contributed by atoms with Gasteiger partial charge in [-0.1, -0.05) is 12.2 Å². The quantitative estimate of drug-likeness (QED) is 0.781. The molecular formula is C13H18N4OS. The smallest absolute Gasteiger partial charge is 0.245 e. The van der Waals surface area contributed by atoms with Gasteiger partial charge in [0, 0.05) is 19.3 Å². The van der Waals surface area contributed by atoms with Crippen molar-refractivity contribution in [3.05, 3.63) is 23.4 Å². The number of nitrogens with one attached hydrogen (secondary N) is 1. The molecule has 5 nitrogen and oxygen atoms in total. The van der Waals surface area contributed by atoms with Gasteiger partial charge in [-0.15, -0.1) is 0 Å². The van der Waals surface area contributed by atoms with E-state index < -0.39 is 5.54 Å². The number of amides is 1. The molecule has 1 amide bonds. The molecule has 19 heavy (non-hydrogen) atoms. The number of piperazine rings is 1. The highest BCUT2D eigenvalue weighted by atomic mass is 32.1. The number of pyridine rings is 1. The van der Waals surface area contributed by atoms with Gasteiger partial charge in [-0.25, -0.2) is 4.98 Å². The van der Waals surface area contributed by atoms with E-state index in [0.29, 0.717) is 23.9 Å². The SMILES string of the molecule is Cc1ccnc(N2CCNC(=O)C2(C)C)c1C(N)=S. The second-order valence-electron chi connectivity index (χ2n) is 5.16. The summed E-state index contributed by atoms with van der Waals surface area (Å²) in [5.74, 6) is 0.670. The number of carbonyl (C=O) groups is 1. The Morgan fingerprint density at radius 2 is 2.26 bits per heavy atom. The number of rotatable bonds is 2. The van der Waals surface area contributed by atoms with Crippen molar-refractivity contribution in [1.82, 2.24) is 10.3 Å². The topological polar surface area (TPSA) is 71.2 Å². The summed E-state index contributed by atoms with van der Waals surface area (Å²) in [6.07, 6.45) is 1.72. The molecule has 0 aliphatic carbocycles. The molecular weight excluding hydrogens is 260 g/mol. The minimum atomic E-state index is -0.668. The lowest BCUT2D eigenvalue weighted by molar-refractivity contribution is -0.126. The molecule has 0 bridgehead atoms. The first kappa shape index (κ1) is 13.7. The molecule has 0 aromatic carbocycles. The molecule has 1 fully saturated rings. The summed E-state index contributed by atoms with van der Waals surface area (Å²) in [6, 6.07) is 1.87. The van der Waals surface area contributed by atoms with Crippen LogP contribution in [0.1, 0.15) is 25.0 Å². The molecule has 1 aromatic heterocycles. The summed E-state index contributed by atoms with van der Waals surface area (Å²) in [4.78, 5) is 18.7. The maximum atomic E-state index is 12.0. The Balaban J connectivity index is 2.55. The van der Waals surface area contributed by atoms with Crippen LogP contribution in [-0.2, 0) is 4.79 Å². The minimum Gasteiger partial charge on any atom is -0.389 e. The highest BCUT2D eigenvalue weighted by Crippen LogP contribution is 2.28. The molecule has 0 saturated carbocycles. The zero-order valence-corrected chi connectivity index (χ0v) is 12.2. The van der Waals surface area contributed by atoms with Gasteiger partial charge >= 0.3 is 0 Å². The summed E-state index contributed by atoms with van der Waals surface area (Å²) in [5, 5.41) is 2.86. The fraction of sp³-hybridized carbons (Fsp3) is 0.462. The molecule has 1 aliphatic heterocycles. The molecule has 0 radical (unpaired) electrons. The maximum Gasteiger partial charge on any atom is 0.245 e. The third-order valence-electron chi connectivity index (χ3n) is 3.49. The Morgan fingerprint density at radius 3 is 2.89 bits per heavy atom. The fourth-order valence-electron chi connectivity index (χ4n) is 2.32. The molecule has 1 saturated heterocycles. The standard InChI is InChI=1S/C13H18N4OS/c1-8-4-5-15-11(9(8)10(14)19)17-7-6-16-12(18)13(17,2)3/h4-5H,6-7H2,1-3H3,(H2,14,19)(H,16,18). The predicted octanol–water partition coefficient (Wildman–Crippen LogP) is 0.739. The van der Waals surface area contributed by atoms with Gasteiger partial charge in [0.1, 0.15) is 16.3 Å². The van der Waals surface area contributed by atoms with Crippen LogP contribution in [0.2, 0.25) is 0 Å². The number of hydrogen-bond donors (Lipinski definition) is 2. The van der Waals surface area contributed by atoms with Crippen molar-refractivity contribution in [3.63, 3.8) is 0 Å². The molecule has 1 aliphatic rings. The van der Waals surface area contributed by atoms with Gasteiger partial charge < -0.3 is 16.0 Å². The van der Waals surface area contributed by atoms with Crippen LogP contribution >= 0.6 is 12.2 Å². The van der Waals surface area contributed by atoms with Crippen molar-refractivity contribution >= 4 is 28.9 Å². The highest BCUT2D eigenvalue weighted by Gasteiger charge is 2.39. The molecule has 2 heterocycles. The monoisotopic (exact) mass is 278 g/mol. The van der Waals surface area contributed by atoms with E-state index in [1.165, 1.54) is 0 Å². The summed E-state index contributed by atoms with van der Waals surface area (Å²) in [6.45, 7) is 6.96. The predicted molar refractivity (Wildman–Crippen MR) is 79.3 cm³/mol. The molecule has 102 valence electrons. The van der Waals surface area contributed by atoms with E-state index >= 15 is 0 Å². The van der Waals surface area contributed by atoms with Crippen LogP contribution in [0.25, 0.3) is 0 Å². The number of aryl methyl sites for hydroxylation is 1. The van der Waals surface area contributed by atoms with Gasteiger partial charge in [0.15, 0.2) is 0 Å². The third kappa shape index (κ3) is 2.28. The molecule has 3 N–H and O–H groups in total. The van der Waals surface area contributed by atoms with Gasteiger partial charge in [0.05, 0.1) is 5.56 Å². The van der Waals surface area contributed by atoms with E-state index in [2.05, 4.69) is 10.3 Å². The van der Waals surface area contributed by atoms with E-state index in [1.54, 1.807) is 6.20 Å². The third-order valence-corrected chi connectivity index (χ3v) is 3.70. The van der Waals surface area contributed by atoms with Gasteiger partial charge in [-0.2, -0.15) is 0 Å². The number of nitrogens with zero attached hydrogens (tertiary/aromatic N) is 2. The average molecular weight is 278 g/mol. The van der Waals surface area contributed by atoms with Crippen molar-refractivity contribution in [3.8, 4) is 0 Å². The van der Waals surface area contributed by atoms with E-state index in [1.807, 2.05) is 31.7 Å². The lowest BCUT2D eigenvalue weighted by atomic mass is 9.97. The molecule has 0 unspecified atom stereocenters.